The Hall–Kier alpha value is -2.59. The molecule has 3 aromatic rings. The second-order valence-corrected chi connectivity index (χ2v) is 10.9. The summed E-state index contributed by atoms with van der Waals surface area (Å²) in [6.45, 7) is 7.03. The summed E-state index contributed by atoms with van der Waals surface area (Å²) in [5.74, 6) is 0.230. The Morgan fingerprint density at radius 2 is 2.18 bits per heavy atom. The van der Waals surface area contributed by atoms with Gasteiger partial charge in [0.05, 0.1) is 17.4 Å². The molecular weight excluding hydrogens is 460 g/mol. The molecule has 1 unspecified atom stereocenters. The summed E-state index contributed by atoms with van der Waals surface area (Å²) in [5.41, 5.74) is 5.85. The molecule has 0 bridgehead atoms. The van der Waals surface area contributed by atoms with Gasteiger partial charge in [-0.2, -0.15) is 0 Å². The fourth-order valence-electron chi connectivity index (χ4n) is 3.86. The first-order valence-corrected chi connectivity index (χ1v) is 12.9. The van der Waals surface area contributed by atoms with Gasteiger partial charge in [0.15, 0.2) is 10.9 Å². The molecular formula is C23H28N4O4S2. The molecule has 0 fully saturated rings. The molecule has 0 saturated heterocycles. The van der Waals surface area contributed by atoms with E-state index in [4.69, 9.17) is 9.40 Å². The van der Waals surface area contributed by atoms with Crippen LogP contribution in [0, 0.1) is 11.8 Å². The van der Waals surface area contributed by atoms with Gasteiger partial charge in [-0.15, -0.1) is 11.3 Å². The molecule has 3 aromatic heterocycles. The summed E-state index contributed by atoms with van der Waals surface area (Å²) in [4.78, 5) is 44.6. The normalized spacial score (nSPS) is 15.6. The number of carbonyl (C=O) groups is 2. The maximum Gasteiger partial charge on any atom is 0.305 e. The third-order valence-electron chi connectivity index (χ3n) is 5.70. The summed E-state index contributed by atoms with van der Waals surface area (Å²) in [6, 6.07) is 3.10. The molecule has 2 amide bonds. The molecule has 1 aliphatic carbocycles. The van der Waals surface area contributed by atoms with Crippen LogP contribution >= 0.6 is 23.1 Å². The number of nitrogens with zero attached hydrogens (tertiary/aromatic N) is 2. The lowest BCUT2D eigenvalue weighted by Crippen LogP contribution is -2.42. The van der Waals surface area contributed by atoms with Crippen molar-refractivity contribution in [2.24, 2.45) is 11.8 Å². The molecule has 10 heteroatoms. The van der Waals surface area contributed by atoms with Gasteiger partial charge in [-0.25, -0.2) is 4.98 Å². The van der Waals surface area contributed by atoms with Crippen molar-refractivity contribution in [1.29, 1.82) is 0 Å². The maximum absolute atomic E-state index is 13.5. The highest BCUT2D eigenvalue weighted by atomic mass is 32.2. The Morgan fingerprint density at radius 1 is 1.36 bits per heavy atom. The van der Waals surface area contributed by atoms with Gasteiger partial charge in [-0.3, -0.25) is 29.8 Å². The summed E-state index contributed by atoms with van der Waals surface area (Å²) >= 11 is 2.81. The lowest BCUT2D eigenvalue weighted by Gasteiger charge is -2.18. The molecule has 3 heterocycles. The Labute approximate surface area is 200 Å². The van der Waals surface area contributed by atoms with E-state index in [9.17, 15) is 14.4 Å². The number of carbonyl (C=O) groups excluding carboxylic acids is 2. The molecule has 1 aliphatic rings. The number of thiophene rings is 1. The van der Waals surface area contributed by atoms with Gasteiger partial charge >= 0.3 is 5.91 Å². The van der Waals surface area contributed by atoms with E-state index in [-0.39, 0.29) is 17.1 Å². The van der Waals surface area contributed by atoms with E-state index in [2.05, 4.69) is 31.6 Å². The van der Waals surface area contributed by atoms with E-state index in [0.29, 0.717) is 23.5 Å². The van der Waals surface area contributed by atoms with Crippen LogP contribution in [-0.2, 0) is 24.2 Å². The number of furan rings is 1. The van der Waals surface area contributed by atoms with Crippen molar-refractivity contribution in [3.8, 4) is 0 Å². The fraction of sp³-hybridized carbons (Fsp3) is 0.478. The second-order valence-electron chi connectivity index (χ2n) is 8.83. The molecule has 176 valence electrons. The summed E-state index contributed by atoms with van der Waals surface area (Å²) in [5, 5.41) is 1.29. The number of thioether (sulfide) groups is 1. The zero-order valence-electron chi connectivity index (χ0n) is 19.0. The van der Waals surface area contributed by atoms with E-state index in [1.807, 2.05) is 0 Å². The third kappa shape index (κ3) is 5.33. The van der Waals surface area contributed by atoms with Crippen molar-refractivity contribution >= 4 is 45.1 Å². The van der Waals surface area contributed by atoms with Gasteiger partial charge in [0.2, 0.25) is 5.91 Å². The number of amides is 2. The highest BCUT2D eigenvalue weighted by Gasteiger charge is 2.25. The number of hydrogen-bond donors (Lipinski definition) is 2. The standard InChI is InChI=1S/C23H28N4O4S2/c1-13(2)8-9-27-22(30)19-15-7-6-14(3)11-17(15)33-21(19)24-23(27)32-12-18(28)25-26-20(29)16-5-4-10-31-16/h4-5,10,13-14H,6-9,11-12H2,1-3H3,(H,25,28)(H,26,29). The molecule has 0 aliphatic heterocycles. The van der Waals surface area contributed by atoms with Gasteiger partial charge in [0, 0.05) is 11.4 Å². The van der Waals surface area contributed by atoms with E-state index < -0.39 is 11.8 Å². The lowest BCUT2D eigenvalue weighted by molar-refractivity contribution is -0.119. The number of hydrazine groups is 1. The highest BCUT2D eigenvalue weighted by Crippen LogP contribution is 2.36. The van der Waals surface area contributed by atoms with Crippen LogP contribution < -0.4 is 16.4 Å². The van der Waals surface area contributed by atoms with E-state index >= 15 is 0 Å². The van der Waals surface area contributed by atoms with Crippen molar-refractivity contribution in [2.75, 3.05) is 5.75 Å². The topological polar surface area (TPSA) is 106 Å². The minimum absolute atomic E-state index is 0.0123. The van der Waals surface area contributed by atoms with Gasteiger partial charge < -0.3 is 4.42 Å². The van der Waals surface area contributed by atoms with Crippen molar-refractivity contribution in [1.82, 2.24) is 20.4 Å². The predicted octanol–water partition coefficient (Wildman–Crippen LogP) is 3.78. The van der Waals surface area contributed by atoms with Crippen LogP contribution in [0.4, 0.5) is 0 Å². The van der Waals surface area contributed by atoms with E-state index in [1.165, 1.54) is 34.5 Å². The first kappa shape index (κ1) is 23.6. The zero-order chi connectivity index (χ0) is 23.5. The van der Waals surface area contributed by atoms with Gasteiger partial charge in [0.25, 0.3) is 5.56 Å². The Morgan fingerprint density at radius 3 is 2.91 bits per heavy atom. The van der Waals surface area contributed by atoms with Crippen molar-refractivity contribution in [3.05, 3.63) is 45.0 Å². The first-order valence-electron chi connectivity index (χ1n) is 11.1. The number of aryl methyl sites for hydroxylation is 1. The SMILES string of the molecule is CC(C)CCn1c(SCC(=O)NNC(=O)c2ccco2)nc2sc3c(c2c1=O)CCC(C)C3. The van der Waals surface area contributed by atoms with Crippen LogP contribution in [0.25, 0.3) is 10.2 Å². The molecule has 0 radical (unpaired) electrons. The number of nitrogens with one attached hydrogen (secondary N) is 2. The second kappa shape index (κ2) is 10.1. The maximum atomic E-state index is 13.5. The van der Waals surface area contributed by atoms with E-state index in [0.717, 1.165) is 35.9 Å². The molecule has 0 aromatic carbocycles. The minimum atomic E-state index is -0.537. The van der Waals surface area contributed by atoms with E-state index in [1.54, 1.807) is 22.0 Å². The lowest BCUT2D eigenvalue weighted by atomic mass is 9.89. The van der Waals surface area contributed by atoms with Crippen LogP contribution in [0.5, 0.6) is 0 Å². The van der Waals surface area contributed by atoms with Crippen LogP contribution in [0.2, 0.25) is 0 Å². The molecule has 2 N–H and O–H groups in total. The summed E-state index contributed by atoms with van der Waals surface area (Å²) < 4.78 is 6.71. The molecule has 0 spiro atoms. The fourth-order valence-corrected chi connectivity index (χ4v) is 6.11. The Kier molecular flexibility index (Phi) is 7.23. The molecule has 33 heavy (non-hydrogen) atoms. The molecule has 8 nitrogen and oxygen atoms in total. The highest BCUT2D eigenvalue weighted by molar-refractivity contribution is 7.99. The molecule has 0 saturated carbocycles. The Balaban J connectivity index is 1.53. The number of aromatic nitrogens is 2. The van der Waals surface area contributed by atoms with Crippen molar-refractivity contribution in [3.63, 3.8) is 0 Å². The van der Waals surface area contributed by atoms with Crippen molar-refractivity contribution < 1.29 is 14.0 Å². The zero-order valence-corrected chi connectivity index (χ0v) is 20.6. The third-order valence-corrected chi connectivity index (χ3v) is 7.83. The van der Waals surface area contributed by atoms with Crippen LogP contribution in [0.15, 0.2) is 32.8 Å². The van der Waals surface area contributed by atoms with Gasteiger partial charge in [-0.1, -0.05) is 32.5 Å². The monoisotopic (exact) mass is 488 g/mol. The van der Waals surface area contributed by atoms with Gasteiger partial charge in [-0.05, 0) is 55.2 Å². The van der Waals surface area contributed by atoms with Gasteiger partial charge in [0.1, 0.15) is 4.83 Å². The number of hydrogen-bond acceptors (Lipinski definition) is 7. The van der Waals surface area contributed by atoms with Crippen LogP contribution in [0.3, 0.4) is 0 Å². The molecule has 1 atom stereocenters. The average Bonchev–Trinajstić information content (AvgIpc) is 3.43. The predicted molar refractivity (Wildman–Crippen MR) is 130 cm³/mol. The van der Waals surface area contributed by atoms with Crippen LogP contribution in [0.1, 0.15) is 54.6 Å². The number of rotatable bonds is 7. The quantitative estimate of drug-likeness (QED) is 0.298. The number of fused-ring (bicyclic) bond motifs is 3. The van der Waals surface area contributed by atoms with Crippen LogP contribution in [-0.4, -0.2) is 27.1 Å². The minimum Gasteiger partial charge on any atom is -0.459 e. The molecule has 4 rings (SSSR count). The van der Waals surface area contributed by atoms with Crippen molar-refractivity contribution in [2.45, 2.75) is 58.2 Å². The first-order chi connectivity index (χ1) is 15.8. The smallest absolute Gasteiger partial charge is 0.305 e. The summed E-state index contributed by atoms with van der Waals surface area (Å²) in [6.07, 6.45) is 5.22. The largest absolute Gasteiger partial charge is 0.459 e. The summed E-state index contributed by atoms with van der Waals surface area (Å²) in [7, 11) is 0. The average molecular weight is 489 g/mol. The Bertz CT molecular complexity index is 1210.